The lowest BCUT2D eigenvalue weighted by molar-refractivity contribution is -0.137. The fourth-order valence-electron chi connectivity index (χ4n) is 2.37. The third-order valence-electron chi connectivity index (χ3n) is 3.81. The second-order valence-electron chi connectivity index (χ2n) is 6.13. The van der Waals surface area contributed by atoms with E-state index in [1.54, 1.807) is 18.2 Å². The summed E-state index contributed by atoms with van der Waals surface area (Å²) in [5.41, 5.74) is 1.70. The maximum absolute atomic E-state index is 12.6. The molecule has 0 aliphatic rings. The van der Waals surface area contributed by atoms with Crippen LogP contribution in [0.3, 0.4) is 0 Å². The number of aromatic nitrogens is 2. The standard InChI is InChI=1S/C20H16ClF3N2OS/c1-12-9-16(7-8-17(12)21)27-18-10-13(2)25-19(26-18)28-11-14-3-5-15(6-4-14)20(22,23)24/h3-10H,11H2,1-2H3. The third-order valence-corrected chi connectivity index (χ3v) is 5.15. The van der Waals surface area contributed by atoms with Gasteiger partial charge >= 0.3 is 6.18 Å². The molecule has 3 aromatic rings. The van der Waals surface area contributed by atoms with Crippen LogP contribution in [0.25, 0.3) is 0 Å². The Morgan fingerprint density at radius 2 is 1.71 bits per heavy atom. The first kappa shape index (κ1) is 20.5. The van der Waals surface area contributed by atoms with Crippen molar-refractivity contribution in [2.24, 2.45) is 0 Å². The van der Waals surface area contributed by atoms with Gasteiger partial charge in [-0.3, -0.25) is 0 Å². The van der Waals surface area contributed by atoms with Gasteiger partial charge in [0.05, 0.1) is 5.56 Å². The summed E-state index contributed by atoms with van der Waals surface area (Å²) >= 11 is 7.35. The molecule has 0 spiro atoms. The molecule has 146 valence electrons. The smallest absolute Gasteiger partial charge is 0.416 e. The van der Waals surface area contributed by atoms with Gasteiger partial charge in [0.1, 0.15) is 5.75 Å². The summed E-state index contributed by atoms with van der Waals surface area (Å²) in [6, 6.07) is 12.1. The minimum atomic E-state index is -4.34. The number of aryl methyl sites for hydroxylation is 2. The third kappa shape index (κ3) is 5.39. The molecule has 0 N–H and O–H groups in total. The SMILES string of the molecule is Cc1cc(Oc2ccc(Cl)c(C)c2)nc(SCc2ccc(C(F)(F)F)cc2)n1. The zero-order valence-corrected chi connectivity index (χ0v) is 16.6. The van der Waals surface area contributed by atoms with Crippen molar-refractivity contribution in [3.63, 3.8) is 0 Å². The van der Waals surface area contributed by atoms with Crippen LogP contribution in [0.1, 0.15) is 22.4 Å². The van der Waals surface area contributed by atoms with E-state index in [0.29, 0.717) is 27.6 Å². The van der Waals surface area contributed by atoms with Crippen molar-refractivity contribution < 1.29 is 17.9 Å². The van der Waals surface area contributed by atoms with E-state index in [1.165, 1.54) is 23.9 Å². The van der Waals surface area contributed by atoms with Crippen molar-refractivity contribution in [1.82, 2.24) is 9.97 Å². The number of alkyl halides is 3. The van der Waals surface area contributed by atoms with Crippen molar-refractivity contribution in [2.75, 3.05) is 0 Å². The number of hydrogen-bond acceptors (Lipinski definition) is 4. The topological polar surface area (TPSA) is 35.0 Å². The van der Waals surface area contributed by atoms with Crippen LogP contribution in [0.5, 0.6) is 11.6 Å². The molecular formula is C20H16ClF3N2OS. The lowest BCUT2D eigenvalue weighted by Crippen LogP contribution is -2.04. The van der Waals surface area contributed by atoms with Crippen LogP contribution in [-0.4, -0.2) is 9.97 Å². The molecule has 0 atom stereocenters. The predicted molar refractivity (Wildman–Crippen MR) is 104 cm³/mol. The minimum absolute atomic E-state index is 0.393. The first-order chi connectivity index (χ1) is 13.2. The van der Waals surface area contributed by atoms with Crippen molar-refractivity contribution in [1.29, 1.82) is 0 Å². The zero-order valence-electron chi connectivity index (χ0n) is 15.0. The highest BCUT2D eigenvalue weighted by Gasteiger charge is 2.29. The fraction of sp³-hybridized carbons (Fsp3) is 0.200. The van der Waals surface area contributed by atoms with E-state index in [2.05, 4.69) is 9.97 Å². The van der Waals surface area contributed by atoms with Crippen LogP contribution >= 0.6 is 23.4 Å². The molecule has 8 heteroatoms. The lowest BCUT2D eigenvalue weighted by Gasteiger charge is -2.09. The quantitative estimate of drug-likeness (QED) is 0.331. The summed E-state index contributed by atoms with van der Waals surface area (Å²) in [5.74, 6) is 1.45. The van der Waals surface area contributed by atoms with Crippen LogP contribution in [0.4, 0.5) is 13.2 Å². The number of ether oxygens (including phenoxy) is 1. The second-order valence-corrected chi connectivity index (χ2v) is 7.48. The van der Waals surface area contributed by atoms with Gasteiger partial charge < -0.3 is 4.74 Å². The first-order valence-corrected chi connectivity index (χ1v) is 9.66. The molecule has 0 saturated carbocycles. The molecule has 0 saturated heterocycles. The molecule has 0 unspecified atom stereocenters. The Kier molecular flexibility index (Phi) is 6.15. The number of nitrogens with zero attached hydrogens (tertiary/aromatic N) is 2. The van der Waals surface area contributed by atoms with Gasteiger partial charge in [-0.15, -0.1) is 0 Å². The summed E-state index contributed by atoms with van der Waals surface area (Å²) in [5, 5.41) is 1.14. The van der Waals surface area contributed by atoms with Crippen molar-refractivity contribution in [2.45, 2.75) is 30.9 Å². The zero-order chi connectivity index (χ0) is 20.3. The first-order valence-electron chi connectivity index (χ1n) is 8.29. The van der Waals surface area contributed by atoms with Crippen molar-refractivity contribution in [3.8, 4) is 11.6 Å². The average Bonchev–Trinajstić information content (AvgIpc) is 2.62. The number of hydrogen-bond donors (Lipinski definition) is 0. The number of rotatable bonds is 5. The molecule has 28 heavy (non-hydrogen) atoms. The molecule has 2 aromatic carbocycles. The summed E-state index contributed by atoms with van der Waals surface area (Å²) in [4.78, 5) is 8.72. The summed E-state index contributed by atoms with van der Waals surface area (Å²) in [6.07, 6.45) is -4.34. The normalized spacial score (nSPS) is 11.5. The second kappa shape index (κ2) is 8.41. The molecule has 0 radical (unpaired) electrons. The molecule has 0 fully saturated rings. The largest absolute Gasteiger partial charge is 0.439 e. The Labute approximate surface area is 169 Å². The van der Waals surface area contributed by atoms with Gasteiger partial charge in [-0.2, -0.15) is 18.2 Å². The Morgan fingerprint density at radius 1 is 1.00 bits per heavy atom. The molecule has 0 aliphatic carbocycles. The van der Waals surface area contributed by atoms with Gasteiger partial charge in [-0.25, -0.2) is 4.98 Å². The van der Waals surface area contributed by atoms with Gasteiger partial charge in [-0.05, 0) is 55.3 Å². The van der Waals surface area contributed by atoms with E-state index >= 15 is 0 Å². The molecule has 0 aliphatic heterocycles. The van der Waals surface area contributed by atoms with Crippen molar-refractivity contribution >= 4 is 23.4 Å². The highest BCUT2D eigenvalue weighted by molar-refractivity contribution is 7.98. The number of halogens is 4. The fourth-order valence-corrected chi connectivity index (χ4v) is 3.34. The molecule has 3 nitrogen and oxygen atoms in total. The van der Waals surface area contributed by atoms with Gasteiger partial charge in [0, 0.05) is 22.5 Å². The molecule has 0 amide bonds. The van der Waals surface area contributed by atoms with Gasteiger partial charge in [0.2, 0.25) is 5.88 Å². The summed E-state index contributed by atoms with van der Waals surface area (Å²) < 4.78 is 43.7. The number of thioether (sulfide) groups is 1. The summed E-state index contributed by atoms with van der Waals surface area (Å²) in [7, 11) is 0. The Hall–Kier alpha value is -2.25. The van der Waals surface area contributed by atoms with E-state index in [-0.39, 0.29) is 0 Å². The highest BCUT2D eigenvalue weighted by Crippen LogP contribution is 2.31. The molecular weight excluding hydrogens is 409 g/mol. The van der Waals surface area contributed by atoms with E-state index in [0.717, 1.165) is 29.0 Å². The Balaban J connectivity index is 1.70. The van der Waals surface area contributed by atoms with Crippen LogP contribution in [0.2, 0.25) is 5.02 Å². The number of benzene rings is 2. The van der Waals surface area contributed by atoms with E-state index in [1.807, 2.05) is 19.9 Å². The molecule has 3 rings (SSSR count). The van der Waals surface area contributed by atoms with Gasteiger partial charge in [0.15, 0.2) is 5.16 Å². The highest BCUT2D eigenvalue weighted by atomic mass is 35.5. The lowest BCUT2D eigenvalue weighted by atomic mass is 10.1. The van der Waals surface area contributed by atoms with Crippen LogP contribution in [0.15, 0.2) is 53.7 Å². The maximum Gasteiger partial charge on any atom is 0.416 e. The van der Waals surface area contributed by atoms with E-state index in [9.17, 15) is 13.2 Å². The Bertz CT molecular complexity index is 978. The van der Waals surface area contributed by atoms with Crippen molar-refractivity contribution in [3.05, 3.63) is 75.9 Å². The van der Waals surface area contributed by atoms with Crippen LogP contribution in [0, 0.1) is 13.8 Å². The maximum atomic E-state index is 12.6. The molecule has 1 aromatic heterocycles. The monoisotopic (exact) mass is 424 g/mol. The van der Waals surface area contributed by atoms with E-state index < -0.39 is 11.7 Å². The minimum Gasteiger partial charge on any atom is -0.439 e. The predicted octanol–water partition coefficient (Wildman–Crippen LogP) is 6.85. The Morgan fingerprint density at radius 3 is 2.36 bits per heavy atom. The average molecular weight is 425 g/mol. The van der Waals surface area contributed by atoms with Crippen LogP contribution < -0.4 is 4.74 Å². The molecule has 1 heterocycles. The summed E-state index contributed by atoms with van der Waals surface area (Å²) in [6.45, 7) is 3.70. The van der Waals surface area contributed by atoms with Gasteiger partial charge in [0.25, 0.3) is 0 Å². The van der Waals surface area contributed by atoms with E-state index in [4.69, 9.17) is 16.3 Å². The molecule has 0 bridgehead atoms. The van der Waals surface area contributed by atoms with Gasteiger partial charge in [-0.1, -0.05) is 35.5 Å². The van der Waals surface area contributed by atoms with Crippen LogP contribution in [-0.2, 0) is 11.9 Å².